The van der Waals surface area contributed by atoms with Gasteiger partial charge >= 0.3 is 0 Å². The summed E-state index contributed by atoms with van der Waals surface area (Å²) in [5.41, 5.74) is 8.23. The third-order valence-electron chi connectivity index (χ3n) is 3.25. The van der Waals surface area contributed by atoms with Gasteiger partial charge in [-0.05, 0) is 25.0 Å². The molecule has 0 amide bonds. The van der Waals surface area contributed by atoms with Gasteiger partial charge in [-0.15, -0.1) is 24.0 Å². The molecule has 0 spiro atoms. The van der Waals surface area contributed by atoms with Crippen molar-refractivity contribution in [1.82, 2.24) is 5.32 Å². The first kappa shape index (κ1) is 19.3. The second-order valence-corrected chi connectivity index (χ2v) is 4.90. The minimum absolute atomic E-state index is 0. The number of nitrogens with one attached hydrogen (secondary N) is 1. The molecule has 4 nitrogen and oxygen atoms in total. The van der Waals surface area contributed by atoms with Crippen LogP contribution in [0.15, 0.2) is 59.6 Å². The van der Waals surface area contributed by atoms with Crippen molar-refractivity contribution in [2.24, 2.45) is 10.7 Å². The number of hydrogen-bond donors (Lipinski definition) is 2. The molecule has 0 unspecified atom stereocenters. The maximum absolute atomic E-state index is 5.91. The highest BCUT2D eigenvalue weighted by Gasteiger charge is 2.01. The Morgan fingerprint density at radius 3 is 2.52 bits per heavy atom. The van der Waals surface area contributed by atoms with Crippen LogP contribution >= 0.6 is 24.0 Å². The largest absolute Gasteiger partial charge is 0.494 e. The summed E-state index contributed by atoms with van der Waals surface area (Å²) in [6.45, 7) is 3.90. The highest BCUT2D eigenvalue weighted by Crippen LogP contribution is 2.18. The van der Waals surface area contributed by atoms with E-state index < -0.39 is 0 Å². The molecule has 0 saturated heterocycles. The van der Waals surface area contributed by atoms with Gasteiger partial charge < -0.3 is 15.8 Å². The van der Waals surface area contributed by atoms with E-state index in [1.54, 1.807) is 0 Å². The van der Waals surface area contributed by atoms with Crippen LogP contribution in [0.2, 0.25) is 0 Å². The molecule has 5 heteroatoms. The lowest BCUT2D eigenvalue weighted by atomic mass is 10.1. The molecule has 0 atom stereocenters. The number of nitrogens with zero attached hydrogens (tertiary/aromatic N) is 1. The Hall–Kier alpha value is -1.76. The molecule has 0 fully saturated rings. The molecule has 0 heterocycles. The van der Waals surface area contributed by atoms with E-state index in [-0.39, 0.29) is 24.0 Å². The molecular weight excluding hydrogens is 401 g/mol. The predicted molar refractivity (Wildman–Crippen MR) is 107 cm³/mol. The summed E-state index contributed by atoms with van der Waals surface area (Å²) in [5.74, 6) is 1.33. The fourth-order valence-electron chi connectivity index (χ4n) is 2.14. The van der Waals surface area contributed by atoms with Crippen LogP contribution in [0.4, 0.5) is 0 Å². The molecule has 0 aliphatic heterocycles. The van der Waals surface area contributed by atoms with Crippen LogP contribution in [-0.4, -0.2) is 19.1 Å². The van der Waals surface area contributed by atoms with Crippen LogP contribution in [0.3, 0.4) is 0 Å². The van der Waals surface area contributed by atoms with Gasteiger partial charge in [0.15, 0.2) is 5.96 Å². The van der Waals surface area contributed by atoms with Crippen molar-refractivity contribution in [2.45, 2.75) is 19.9 Å². The Balaban J connectivity index is 0.00000264. The quantitative estimate of drug-likeness (QED) is 0.407. The summed E-state index contributed by atoms with van der Waals surface area (Å²) >= 11 is 0. The molecule has 2 aromatic carbocycles. The van der Waals surface area contributed by atoms with Gasteiger partial charge in [0, 0.05) is 12.1 Å². The zero-order valence-corrected chi connectivity index (χ0v) is 15.7. The van der Waals surface area contributed by atoms with Crippen LogP contribution in [-0.2, 0) is 13.0 Å². The normalized spacial score (nSPS) is 10.7. The van der Waals surface area contributed by atoms with E-state index in [1.165, 1.54) is 5.56 Å². The van der Waals surface area contributed by atoms with E-state index in [0.29, 0.717) is 19.1 Å². The van der Waals surface area contributed by atoms with E-state index >= 15 is 0 Å². The Morgan fingerprint density at radius 2 is 1.78 bits per heavy atom. The molecule has 2 aromatic rings. The monoisotopic (exact) mass is 425 g/mol. The van der Waals surface area contributed by atoms with Crippen LogP contribution in [0.5, 0.6) is 5.75 Å². The zero-order chi connectivity index (χ0) is 15.6. The molecular formula is C18H24IN3O. The first-order valence-electron chi connectivity index (χ1n) is 7.58. The maximum Gasteiger partial charge on any atom is 0.188 e. The summed E-state index contributed by atoms with van der Waals surface area (Å²) in [6.07, 6.45) is 0.923. The number of halogens is 1. The number of guanidine groups is 1. The number of rotatable bonds is 7. The van der Waals surface area contributed by atoms with Crippen molar-refractivity contribution in [1.29, 1.82) is 0 Å². The van der Waals surface area contributed by atoms with Gasteiger partial charge in [-0.1, -0.05) is 48.5 Å². The lowest BCUT2D eigenvalue weighted by Crippen LogP contribution is -2.33. The third-order valence-corrected chi connectivity index (χ3v) is 3.25. The minimum Gasteiger partial charge on any atom is -0.494 e. The van der Waals surface area contributed by atoms with Gasteiger partial charge in [0.25, 0.3) is 0 Å². The van der Waals surface area contributed by atoms with Gasteiger partial charge in [0.1, 0.15) is 5.75 Å². The Bertz CT molecular complexity index is 602. The highest BCUT2D eigenvalue weighted by molar-refractivity contribution is 14.0. The van der Waals surface area contributed by atoms with Crippen LogP contribution in [0.1, 0.15) is 18.1 Å². The number of ether oxygens (including phenoxy) is 1. The lowest BCUT2D eigenvalue weighted by Gasteiger charge is -2.09. The number of hydrogen-bond acceptors (Lipinski definition) is 2. The highest BCUT2D eigenvalue weighted by atomic mass is 127. The van der Waals surface area contributed by atoms with Crippen molar-refractivity contribution in [3.8, 4) is 5.75 Å². The van der Waals surface area contributed by atoms with Crippen molar-refractivity contribution in [2.75, 3.05) is 13.2 Å². The van der Waals surface area contributed by atoms with Crippen molar-refractivity contribution in [3.63, 3.8) is 0 Å². The Morgan fingerprint density at radius 1 is 1.09 bits per heavy atom. The van der Waals surface area contributed by atoms with E-state index in [1.807, 2.05) is 49.4 Å². The Labute approximate surface area is 155 Å². The van der Waals surface area contributed by atoms with Gasteiger partial charge in [-0.25, -0.2) is 4.99 Å². The van der Waals surface area contributed by atoms with Crippen molar-refractivity contribution in [3.05, 3.63) is 65.7 Å². The van der Waals surface area contributed by atoms with Gasteiger partial charge in [0.05, 0.1) is 13.2 Å². The maximum atomic E-state index is 5.91. The predicted octanol–water partition coefficient (Wildman–Crippen LogP) is 3.35. The summed E-state index contributed by atoms with van der Waals surface area (Å²) in [7, 11) is 0. The van der Waals surface area contributed by atoms with Gasteiger partial charge in [-0.3, -0.25) is 0 Å². The van der Waals surface area contributed by atoms with Crippen LogP contribution in [0, 0.1) is 0 Å². The molecule has 23 heavy (non-hydrogen) atoms. The number of benzene rings is 2. The molecule has 0 saturated carbocycles. The van der Waals surface area contributed by atoms with Crippen molar-refractivity contribution >= 4 is 29.9 Å². The summed E-state index contributed by atoms with van der Waals surface area (Å²) in [5, 5.41) is 3.14. The third kappa shape index (κ3) is 6.90. The summed E-state index contributed by atoms with van der Waals surface area (Å²) in [4.78, 5) is 4.37. The average Bonchev–Trinajstić information content (AvgIpc) is 2.55. The molecule has 0 bridgehead atoms. The SMILES string of the molecule is CCOc1ccccc1CN=C(N)NCCc1ccccc1.I. The standard InChI is InChI=1S/C18H23N3O.HI/c1-2-22-17-11-7-6-10-16(17)14-21-18(19)20-13-12-15-8-4-3-5-9-15;/h3-11H,2,12-14H2,1H3,(H3,19,20,21);1H. The van der Waals surface area contributed by atoms with Gasteiger partial charge in [-0.2, -0.15) is 0 Å². The smallest absolute Gasteiger partial charge is 0.188 e. The fraction of sp³-hybridized carbons (Fsp3) is 0.278. The molecule has 0 radical (unpaired) electrons. The second kappa shape index (κ2) is 10.9. The summed E-state index contributed by atoms with van der Waals surface area (Å²) < 4.78 is 5.58. The van der Waals surface area contributed by atoms with Gasteiger partial charge in [0.2, 0.25) is 0 Å². The number of para-hydroxylation sites is 1. The van der Waals surface area contributed by atoms with Crippen LogP contribution in [0.25, 0.3) is 0 Å². The topological polar surface area (TPSA) is 59.6 Å². The lowest BCUT2D eigenvalue weighted by molar-refractivity contribution is 0.336. The molecule has 0 aliphatic rings. The first-order chi connectivity index (χ1) is 10.8. The number of nitrogens with two attached hydrogens (primary N) is 1. The minimum atomic E-state index is 0. The summed E-state index contributed by atoms with van der Waals surface area (Å²) in [6, 6.07) is 18.2. The van der Waals surface area contributed by atoms with E-state index in [0.717, 1.165) is 24.3 Å². The second-order valence-electron chi connectivity index (χ2n) is 4.90. The van der Waals surface area contributed by atoms with E-state index in [4.69, 9.17) is 10.5 Å². The first-order valence-corrected chi connectivity index (χ1v) is 7.58. The number of aliphatic imine (C=N–C) groups is 1. The van der Waals surface area contributed by atoms with Crippen LogP contribution < -0.4 is 15.8 Å². The molecule has 0 aromatic heterocycles. The van der Waals surface area contributed by atoms with E-state index in [9.17, 15) is 0 Å². The Kier molecular flexibility index (Phi) is 9.12. The van der Waals surface area contributed by atoms with E-state index in [2.05, 4.69) is 22.4 Å². The molecule has 2 rings (SSSR count). The molecule has 124 valence electrons. The fourth-order valence-corrected chi connectivity index (χ4v) is 2.14. The average molecular weight is 425 g/mol. The van der Waals surface area contributed by atoms with Crippen molar-refractivity contribution < 1.29 is 4.74 Å². The molecule has 0 aliphatic carbocycles. The zero-order valence-electron chi connectivity index (χ0n) is 13.4. The molecule has 3 N–H and O–H groups in total.